The first-order valence-electron chi connectivity index (χ1n) is 6.06. The minimum atomic E-state index is -0.422. The second kappa shape index (κ2) is 5.27. The van der Waals surface area contributed by atoms with Crippen LogP contribution in [0.25, 0.3) is 0 Å². The van der Waals surface area contributed by atoms with E-state index in [-0.39, 0.29) is 12.0 Å². The molecular weight excluding hydrogens is 227 g/mol. The molecule has 0 aliphatic carbocycles. The molecule has 0 fully saturated rings. The van der Waals surface area contributed by atoms with Crippen LogP contribution in [-0.4, -0.2) is 4.98 Å². The highest BCUT2D eigenvalue weighted by Crippen LogP contribution is 2.22. The Labute approximate surface area is 107 Å². The number of hydrogen-bond acceptors (Lipinski definition) is 2. The summed E-state index contributed by atoms with van der Waals surface area (Å²) in [6, 6.07) is 12.8. The third-order valence-corrected chi connectivity index (χ3v) is 3.00. The molecule has 0 bridgehead atoms. The van der Waals surface area contributed by atoms with E-state index in [1.165, 1.54) is 0 Å². The molecule has 0 aliphatic rings. The molecule has 3 heteroatoms. The van der Waals surface area contributed by atoms with Crippen LogP contribution in [-0.2, 0) is 0 Å². The van der Waals surface area contributed by atoms with Gasteiger partial charge in [0.2, 0.25) is 5.95 Å². The summed E-state index contributed by atoms with van der Waals surface area (Å²) < 4.78 is 13.8. The van der Waals surface area contributed by atoms with E-state index in [9.17, 15) is 4.39 Å². The van der Waals surface area contributed by atoms with Crippen molar-refractivity contribution in [2.45, 2.75) is 25.8 Å². The first kappa shape index (κ1) is 12.7. The third kappa shape index (κ3) is 2.57. The Morgan fingerprint density at radius 3 is 2.28 bits per heavy atom. The number of rotatable bonds is 3. The SMILES string of the molecule is CC(C)c1ccc([C@@H](N)c2ccccc2)nc1F. The highest BCUT2D eigenvalue weighted by atomic mass is 19.1. The van der Waals surface area contributed by atoms with E-state index in [2.05, 4.69) is 4.98 Å². The summed E-state index contributed by atoms with van der Waals surface area (Å²) in [5, 5.41) is 0. The van der Waals surface area contributed by atoms with Gasteiger partial charge in [0, 0.05) is 5.56 Å². The van der Waals surface area contributed by atoms with Crippen LogP contribution in [0.1, 0.15) is 42.6 Å². The molecule has 1 heterocycles. The lowest BCUT2D eigenvalue weighted by Gasteiger charge is -2.13. The average molecular weight is 244 g/mol. The second-order valence-electron chi connectivity index (χ2n) is 4.66. The van der Waals surface area contributed by atoms with Crippen LogP contribution < -0.4 is 5.73 Å². The maximum atomic E-state index is 13.8. The molecule has 0 amide bonds. The lowest BCUT2D eigenvalue weighted by molar-refractivity contribution is 0.546. The van der Waals surface area contributed by atoms with E-state index >= 15 is 0 Å². The molecule has 1 aromatic heterocycles. The van der Waals surface area contributed by atoms with E-state index in [0.717, 1.165) is 5.56 Å². The van der Waals surface area contributed by atoms with E-state index in [0.29, 0.717) is 11.3 Å². The highest BCUT2D eigenvalue weighted by molar-refractivity contribution is 5.29. The predicted molar refractivity (Wildman–Crippen MR) is 70.8 cm³/mol. The van der Waals surface area contributed by atoms with E-state index in [1.54, 1.807) is 12.1 Å². The van der Waals surface area contributed by atoms with Gasteiger partial charge in [0.1, 0.15) is 0 Å². The van der Waals surface area contributed by atoms with Crippen molar-refractivity contribution >= 4 is 0 Å². The summed E-state index contributed by atoms with van der Waals surface area (Å²) in [7, 11) is 0. The van der Waals surface area contributed by atoms with Crippen molar-refractivity contribution in [3.8, 4) is 0 Å². The van der Waals surface area contributed by atoms with Gasteiger partial charge >= 0.3 is 0 Å². The van der Waals surface area contributed by atoms with Crippen LogP contribution in [0.2, 0.25) is 0 Å². The van der Waals surface area contributed by atoms with Gasteiger partial charge in [-0.15, -0.1) is 0 Å². The van der Waals surface area contributed by atoms with Crippen molar-refractivity contribution < 1.29 is 4.39 Å². The molecule has 18 heavy (non-hydrogen) atoms. The van der Waals surface area contributed by atoms with E-state index in [1.807, 2.05) is 44.2 Å². The molecule has 1 aromatic carbocycles. The third-order valence-electron chi connectivity index (χ3n) is 3.00. The number of halogens is 1. The molecule has 0 saturated carbocycles. The van der Waals surface area contributed by atoms with Crippen molar-refractivity contribution in [3.05, 3.63) is 65.2 Å². The van der Waals surface area contributed by atoms with Crippen molar-refractivity contribution in [2.75, 3.05) is 0 Å². The van der Waals surface area contributed by atoms with E-state index in [4.69, 9.17) is 5.73 Å². The molecular formula is C15H17FN2. The molecule has 0 spiro atoms. The predicted octanol–water partition coefficient (Wildman–Crippen LogP) is 3.39. The maximum absolute atomic E-state index is 13.8. The summed E-state index contributed by atoms with van der Waals surface area (Å²) >= 11 is 0. The number of hydrogen-bond donors (Lipinski definition) is 1. The monoisotopic (exact) mass is 244 g/mol. The Kier molecular flexibility index (Phi) is 3.72. The van der Waals surface area contributed by atoms with Crippen molar-refractivity contribution in [1.29, 1.82) is 0 Å². The number of aromatic nitrogens is 1. The lowest BCUT2D eigenvalue weighted by Crippen LogP contribution is -2.14. The van der Waals surface area contributed by atoms with Crippen LogP contribution in [0.4, 0.5) is 4.39 Å². The second-order valence-corrected chi connectivity index (χ2v) is 4.66. The summed E-state index contributed by atoms with van der Waals surface area (Å²) in [4.78, 5) is 3.98. The summed E-state index contributed by atoms with van der Waals surface area (Å²) in [6.07, 6.45) is 0. The Balaban J connectivity index is 2.32. The number of nitrogens with zero attached hydrogens (tertiary/aromatic N) is 1. The normalized spacial score (nSPS) is 12.7. The molecule has 2 rings (SSSR count). The molecule has 0 saturated heterocycles. The van der Waals surface area contributed by atoms with E-state index < -0.39 is 5.95 Å². The number of benzene rings is 1. The Hall–Kier alpha value is -1.74. The minimum absolute atomic E-state index is 0.125. The number of nitrogens with two attached hydrogens (primary N) is 1. The molecule has 0 radical (unpaired) electrons. The van der Waals surface area contributed by atoms with Crippen LogP contribution in [0.3, 0.4) is 0 Å². The average Bonchev–Trinajstić information content (AvgIpc) is 2.38. The molecule has 2 aromatic rings. The van der Waals surface area contributed by atoms with Crippen LogP contribution in [0.15, 0.2) is 42.5 Å². The van der Waals surface area contributed by atoms with Crippen molar-refractivity contribution in [2.24, 2.45) is 5.73 Å². The smallest absolute Gasteiger partial charge is 0.216 e. The number of pyridine rings is 1. The Morgan fingerprint density at radius 1 is 1.06 bits per heavy atom. The topological polar surface area (TPSA) is 38.9 Å². The molecule has 1 atom stereocenters. The first-order valence-corrected chi connectivity index (χ1v) is 6.06. The van der Waals surface area contributed by atoms with Gasteiger partial charge < -0.3 is 5.73 Å². The zero-order valence-corrected chi connectivity index (χ0v) is 10.6. The first-order chi connectivity index (χ1) is 8.59. The lowest BCUT2D eigenvalue weighted by atomic mass is 10.0. The Morgan fingerprint density at radius 2 is 1.72 bits per heavy atom. The zero-order valence-electron chi connectivity index (χ0n) is 10.6. The molecule has 2 N–H and O–H groups in total. The van der Waals surface area contributed by atoms with Gasteiger partial charge in [0.25, 0.3) is 0 Å². The van der Waals surface area contributed by atoms with Gasteiger partial charge in [-0.25, -0.2) is 4.98 Å². The van der Waals surface area contributed by atoms with Gasteiger partial charge in [0.05, 0.1) is 11.7 Å². The minimum Gasteiger partial charge on any atom is -0.319 e. The zero-order chi connectivity index (χ0) is 13.1. The molecule has 0 aliphatic heterocycles. The standard InChI is InChI=1S/C15H17FN2/c1-10(2)12-8-9-13(18-15(12)16)14(17)11-6-4-3-5-7-11/h3-10,14H,17H2,1-2H3/t14-/m0/s1. The van der Waals surface area contributed by atoms with Crippen molar-refractivity contribution in [3.63, 3.8) is 0 Å². The summed E-state index contributed by atoms with van der Waals surface area (Å²) in [5.74, 6) is -0.298. The van der Waals surface area contributed by atoms with Gasteiger partial charge in [-0.3, -0.25) is 0 Å². The molecule has 2 nitrogen and oxygen atoms in total. The fourth-order valence-corrected chi connectivity index (χ4v) is 1.89. The maximum Gasteiger partial charge on any atom is 0.216 e. The molecule has 0 unspecified atom stereocenters. The fraction of sp³-hybridized carbons (Fsp3) is 0.267. The van der Waals surface area contributed by atoms with Crippen LogP contribution in [0.5, 0.6) is 0 Å². The quantitative estimate of drug-likeness (QED) is 0.840. The highest BCUT2D eigenvalue weighted by Gasteiger charge is 2.14. The van der Waals surface area contributed by atoms with Crippen LogP contribution in [0, 0.1) is 5.95 Å². The van der Waals surface area contributed by atoms with Gasteiger partial charge in [-0.1, -0.05) is 50.2 Å². The van der Waals surface area contributed by atoms with Gasteiger partial charge in [-0.05, 0) is 17.5 Å². The Bertz CT molecular complexity index is 523. The molecule has 94 valence electrons. The van der Waals surface area contributed by atoms with Crippen molar-refractivity contribution in [1.82, 2.24) is 4.98 Å². The fourth-order valence-electron chi connectivity index (χ4n) is 1.89. The van der Waals surface area contributed by atoms with Gasteiger partial charge in [0.15, 0.2) is 0 Å². The van der Waals surface area contributed by atoms with Gasteiger partial charge in [-0.2, -0.15) is 4.39 Å². The van der Waals surface area contributed by atoms with Crippen LogP contribution >= 0.6 is 0 Å². The summed E-state index contributed by atoms with van der Waals surface area (Å²) in [6.45, 7) is 3.88. The summed E-state index contributed by atoms with van der Waals surface area (Å²) in [5.41, 5.74) is 8.20. The largest absolute Gasteiger partial charge is 0.319 e.